The molecular formula is C19H23NO4S. The Balaban J connectivity index is 1.94. The van der Waals surface area contributed by atoms with Crippen LogP contribution in [-0.4, -0.2) is 32.4 Å². The molecule has 1 N–H and O–H groups in total. The SMILES string of the molecule is CC=Cc1cc(C(=O)NCCSCc2ccco2)cc(OC)c1OC. The molecule has 1 amide bonds. The predicted molar refractivity (Wildman–Crippen MR) is 101 cm³/mol. The van der Waals surface area contributed by atoms with E-state index in [-0.39, 0.29) is 5.91 Å². The van der Waals surface area contributed by atoms with Gasteiger partial charge in [-0.2, -0.15) is 11.8 Å². The lowest BCUT2D eigenvalue weighted by molar-refractivity contribution is 0.0955. The van der Waals surface area contributed by atoms with E-state index in [0.717, 1.165) is 22.8 Å². The van der Waals surface area contributed by atoms with E-state index in [0.29, 0.717) is 23.6 Å². The third-order valence-corrected chi connectivity index (χ3v) is 4.45. The third-order valence-electron chi connectivity index (χ3n) is 3.47. The summed E-state index contributed by atoms with van der Waals surface area (Å²) in [4.78, 5) is 12.4. The van der Waals surface area contributed by atoms with Gasteiger partial charge in [0.25, 0.3) is 5.91 Å². The molecule has 0 bridgehead atoms. The predicted octanol–water partition coefficient (Wildman–Crippen LogP) is 3.99. The zero-order valence-electron chi connectivity index (χ0n) is 14.7. The highest BCUT2D eigenvalue weighted by Crippen LogP contribution is 2.33. The van der Waals surface area contributed by atoms with E-state index < -0.39 is 0 Å². The fourth-order valence-electron chi connectivity index (χ4n) is 2.33. The second-order valence-corrected chi connectivity index (χ2v) is 6.29. The third kappa shape index (κ3) is 5.32. The van der Waals surface area contributed by atoms with Crippen LogP contribution in [0.5, 0.6) is 11.5 Å². The number of rotatable bonds is 9. The van der Waals surface area contributed by atoms with E-state index in [1.165, 1.54) is 0 Å². The maximum atomic E-state index is 12.4. The molecule has 1 heterocycles. The van der Waals surface area contributed by atoms with Crippen molar-refractivity contribution in [2.45, 2.75) is 12.7 Å². The summed E-state index contributed by atoms with van der Waals surface area (Å²) in [7, 11) is 3.14. The molecule has 1 aromatic carbocycles. The Morgan fingerprint density at radius 3 is 2.80 bits per heavy atom. The van der Waals surface area contributed by atoms with E-state index in [1.807, 2.05) is 31.2 Å². The number of thioether (sulfide) groups is 1. The molecule has 0 aliphatic heterocycles. The minimum atomic E-state index is -0.134. The molecule has 2 rings (SSSR count). The highest BCUT2D eigenvalue weighted by atomic mass is 32.2. The number of nitrogens with one attached hydrogen (secondary N) is 1. The number of hydrogen-bond donors (Lipinski definition) is 1. The molecule has 1 aromatic heterocycles. The number of carbonyl (C=O) groups excluding carboxylic acids is 1. The van der Waals surface area contributed by atoms with Gasteiger partial charge in [-0.05, 0) is 31.2 Å². The second-order valence-electron chi connectivity index (χ2n) is 5.19. The maximum absolute atomic E-state index is 12.4. The quantitative estimate of drug-likeness (QED) is 0.684. The minimum absolute atomic E-state index is 0.134. The molecule has 0 aliphatic carbocycles. The summed E-state index contributed by atoms with van der Waals surface area (Å²) in [5.74, 6) is 3.56. The first-order chi connectivity index (χ1) is 12.2. The molecule has 0 saturated carbocycles. The molecule has 0 spiro atoms. The van der Waals surface area contributed by atoms with Gasteiger partial charge in [0.1, 0.15) is 5.76 Å². The van der Waals surface area contributed by atoms with Crippen LogP contribution in [0, 0.1) is 0 Å². The van der Waals surface area contributed by atoms with Crippen molar-refractivity contribution in [3.05, 3.63) is 53.5 Å². The highest BCUT2D eigenvalue weighted by molar-refractivity contribution is 7.98. The molecule has 0 aliphatic rings. The van der Waals surface area contributed by atoms with Crippen molar-refractivity contribution in [2.24, 2.45) is 0 Å². The molecule has 5 nitrogen and oxygen atoms in total. The molecular weight excluding hydrogens is 338 g/mol. The van der Waals surface area contributed by atoms with Crippen molar-refractivity contribution in [1.82, 2.24) is 5.32 Å². The van der Waals surface area contributed by atoms with Gasteiger partial charge < -0.3 is 19.2 Å². The molecule has 0 unspecified atom stereocenters. The van der Waals surface area contributed by atoms with Crippen molar-refractivity contribution in [2.75, 3.05) is 26.5 Å². The lowest BCUT2D eigenvalue weighted by atomic mass is 10.1. The first-order valence-electron chi connectivity index (χ1n) is 7.96. The van der Waals surface area contributed by atoms with Crippen LogP contribution in [-0.2, 0) is 5.75 Å². The van der Waals surface area contributed by atoms with Gasteiger partial charge in [-0.3, -0.25) is 4.79 Å². The number of furan rings is 1. The van der Waals surface area contributed by atoms with E-state index in [2.05, 4.69) is 5.32 Å². The number of ether oxygens (including phenoxy) is 2. The first-order valence-corrected chi connectivity index (χ1v) is 9.12. The fourth-order valence-corrected chi connectivity index (χ4v) is 3.09. The summed E-state index contributed by atoms with van der Waals surface area (Å²) in [6, 6.07) is 7.30. The zero-order chi connectivity index (χ0) is 18.1. The van der Waals surface area contributed by atoms with Crippen LogP contribution in [0.4, 0.5) is 0 Å². The zero-order valence-corrected chi connectivity index (χ0v) is 15.5. The summed E-state index contributed by atoms with van der Waals surface area (Å²) in [6.07, 6.45) is 5.44. The van der Waals surface area contributed by atoms with Crippen LogP contribution in [0.15, 0.2) is 41.0 Å². The van der Waals surface area contributed by atoms with Crippen molar-refractivity contribution in [3.63, 3.8) is 0 Å². The van der Waals surface area contributed by atoms with Crippen LogP contribution in [0.1, 0.15) is 28.6 Å². The first kappa shape index (κ1) is 19.0. The van der Waals surface area contributed by atoms with Gasteiger partial charge in [-0.1, -0.05) is 12.2 Å². The highest BCUT2D eigenvalue weighted by Gasteiger charge is 2.14. The van der Waals surface area contributed by atoms with E-state index in [1.54, 1.807) is 44.4 Å². The number of carbonyl (C=O) groups is 1. The summed E-state index contributed by atoms with van der Waals surface area (Å²) in [6.45, 7) is 2.49. The summed E-state index contributed by atoms with van der Waals surface area (Å²) in [5, 5.41) is 2.93. The van der Waals surface area contributed by atoms with Crippen molar-refractivity contribution < 1.29 is 18.7 Å². The molecule has 2 aromatic rings. The van der Waals surface area contributed by atoms with Crippen LogP contribution in [0.2, 0.25) is 0 Å². The standard InChI is InChI=1S/C19H23NO4S/c1-4-6-14-11-15(12-17(22-2)18(14)23-3)19(21)20-8-10-25-13-16-7-5-9-24-16/h4-7,9,11-12H,8,10,13H2,1-3H3,(H,20,21). The van der Waals surface area contributed by atoms with Crippen molar-refractivity contribution in [1.29, 1.82) is 0 Å². The van der Waals surface area contributed by atoms with Crippen LogP contribution in [0.25, 0.3) is 6.08 Å². The number of allylic oxidation sites excluding steroid dienone is 1. The second kappa shape index (κ2) is 9.84. The Labute approximate surface area is 152 Å². The molecule has 6 heteroatoms. The Morgan fingerprint density at radius 2 is 2.16 bits per heavy atom. The topological polar surface area (TPSA) is 60.7 Å². The van der Waals surface area contributed by atoms with Gasteiger partial charge in [-0.15, -0.1) is 0 Å². The average molecular weight is 361 g/mol. The van der Waals surface area contributed by atoms with Crippen molar-refractivity contribution in [3.8, 4) is 11.5 Å². The van der Waals surface area contributed by atoms with E-state index in [9.17, 15) is 4.79 Å². The van der Waals surface area contributed by atoms with Gasteiger partial charge in [0, 0.05) is 23.4 Å². The van der Waals surface area contributed by atoms with Gasteiger partial charge in [0.05, 0.1) is 26.2 Å². The molecule has 134 valence electrons. The summed E-state index contributed by atoms with van der Waals surface area (Å²) in [5.41, 5.74) is 1.35. The number of amides is 1. The van der Waals surface area contributed by atoms with E-state index in [4.69, 9.17) is 13.9 Å². The number of benzene rings is 1. The fraction of sp³-hybridized carbons (Fsp3) is 0.316. The summed E-state index contributed by atoms with van der Waals surface area (Å²) >= 11 is 1.71. The Morgan fingerprint density at radius 1 is 1.32 bits per heavy atom. The monoisotopic (exact) mass is 361 g/mol. The number of methoxy groups -OCH3 is 2. The normalized spacial score (nSPS) is 10.8. The van der Waals surface area contributed by atoms with Crippen LogP contribution in [0.3, 0.4) is 0 Å². The molecule has 0 fully saturated rings. The molecule has 25 heavy (non-hydrogen) atoms. The van der Waals surface area contributed by atoms with Crippen LogP contribution < -0.4 is 14.8 Å². The molecule has 0 radical (unpaired) electrons. The van der Waals surface area contributed by atoms with Gasteiger partial charge >= 0.3 is 0 Å². The average Bonchev–Trinajstić information content (AvgIpc) is 3.14. The van der Waals surface area contributed by atoms with Gasteiger partial charge in [-0.25, -0.2) is 0 Å². The maximum Gasteiger partial charge on any atom is 0.251 e. The molecule has 0 atom stereocenters. The smallest absolute Gasteiger partial charge is 0.251 e. The number of hydrogen-bond acceptors (Lipinski definition) is 5. The lowest BCUT2D eigenvalue weighted by Gasteiger charge is -2.13. The van der Waals surface area contributed by atoms with E-state index >= 15 is 0 Å². The van der Waals surface area contributed by atoms with Gasteiger partial charge in [0.2, 0.25) is 0 Å². The lowest BCUT2D eigenvalue weighted by Crippen LogP contribution is -2.25. The minimum Gasteiger partial charge on any atom is -0.493 e. The Hall–Kier alpha value is -2.34. The molecule has 0 saturated heterocycles. The Kier molecular flexibility index (Phi) is 7.47. The van der Waals surface area contributed by atoms with Gasteiger partial charge in [0.15, 0.2) is 11.5 Å². The Bertz CT molecular complexity index is 710. The summed E-state index contributed by atoms with van der Waals surface area (Å²) < 4.78 is 16.0. The van der Waals surface area contributed by atoms with Crippen LogP contribution >= 0.6 is 11.8 Å². The van der Waals surface area contributed by atoms with Crippen molar-refractivity contribution >= 4 is 23.7 Å². The largest absolute Gasteiger partial charge is 0.493 e.